The highest BCUT2D eigenvalue weighted by molar-refractivity contribution is 5.72. The van der Waals surface area contributed by atoms with Crippen LogP contribution in [0.1, 0.15) is 37.1 Å². The van der Waals surface area contributed by atoms with Gasteiger partial charge in [-0.05, 0) is 44.7 Å². The lowest BCUT2D eigenvalue weighted by Gasteiger charge is -2.28. The van der Waals surface area contributed by atoms with E-state index in [4.69, 9.17) is 14.5 Å². The molecule has 0 amide bonds. The number of nitrogens with zero attached hydrogens (tertiary/aromatic N) is 7. The SMILES string of the molecule is COC(=O)[C@H]1CCC[C@H](Oc2ccc(-c3nnn(C)c3Cn3cnc(-c4ccccc4)n3)nc2C)C1. The second-order valence-electron chi connectivity index (χ2n) is 9.05. The largest absolute Gasteiger partial charge is 0.489 e. The molecule has 5 rings (SSSR count). The fourth-order valence-electron chi connectivity index (χ4n) is 4.61. The monoisotopic (exact) mass is 487 g/mol. The summed E-state index contributed by atoms with van der Waals surface area (Å²) in [5.41, 5.74) is 3.99. The molecule has 0 radical (unpaired) electrons. The lowest BCUT2D eigenvalue weighted by Crippen LogP contribution is -2.30. The molecule has 0 saturated heterocycles. The molecular formula is C26H29N7O3. The number of rotatable bonds is 7. The number of esters is 1. The molecule has 3 heterocycles. The zero-order valence-corrected chi connectivity index (χ0v) is 20.7. The molecule has 0 N–H and O–H groups in total. The summed E-state index contributed by atoms with van der Waals surface area (Å²) in [6.07, 6.45) is 5.02. The molecule has 10 nitrogen and oxygen atoms in total. The summed E-state index contributed by atoms with van der Waals surface area (Å²) < 4.78 is 14.7. The van der Waals surface area contributed by atoms with E-state index >= 15 is 0 Å². The van der Waals surface area contributed by atoms with E-state index in [-0.39, 0.29) is 18.0 Å². The third-order valence-electron chi connectivity index (χ3n) is 6.56. The average molecular weight is 488 g/mol. The molecule has 1 fully saturated rings. The fourth-order valence-corrected chi connectivity index (χ4v) is 4.61. The van der Waals surface area contributed by atoms with E-state index in [1.807, 2.05) is 56.4 Å². The number of carbonyl (C=O) groups excluding carboxylic acids is 1. The zero-order chi connectivity index (χ0) is 25.1. The second kappa shape index (κ2) is 10.3. The number of benzene rings is 1. The van der Waals surface area contributed by atoms with E-state index in [0.29, 0.717) is 35.9 Å². The maximum Gasteiger partial charge on any atom is 0.308 e. The smallest absolute Gasteiger partial charge is 0.308 e. The first-order valence-electron chi connectivity index (χ1n) is 12.1. The van der Waals surface area contributed by atoms with Gasteiger partial charge in [0.1, 0.15) is 17.8 Å². The molecule has 36 heavy (non-hydrogen) atoms. The molecule has 1 aliphatic rings. The normalized spacial score (nSPS) is 17.6. The topological polar surface area (TPSA) is 110 Å². The van der Waals surface area contributed by atoms with Crippen molar-refractivity contribution in [2.45, 2.75) is 45.3 Å². The van der Waals surface area contributed by atoms with E-state index in [9.17, 15) is 4.79 Å². The van der Waals surface area contributed by atoms with Gasteiger partial charge in [-0.15, -0.1) is 5.10 Å². The third kappa shape index (κ3) is 4.98. The first-order valence-corrected chi connectivity index (χ1v) is 12.1. The summed E-state index contributed by atoms with van der Waals surface area (Å²) in [4.78, 5) is 21.2. The number of hydrogen-bond donors (Lipinski definition) is 0. The van der Waals surface area contributed by atoms with Crippen molar-refractivity contribution in [1.29, 1.82) is 0 Å². The lowest BCUT2D eigenvalue weighted by atomic mass is 9.87. The van der Waals surface area contributed by atoms with Crippen LogP contribution in [0.3, 0.4) is 0 Å². The van der Waals surface area contributed by atoms with Crippen molar-refractivity contribution in [3.8, 4) is 28.5 Å². The minimum absolute atomic E-state index is 0.0348. The van der Waals surface area contributed by atoms with Crippen LogP contribution in [0.2, 0.25) is 0 Å². The Morgan fingerprint density at radius 3 is 2.75 bits per heavy atom. The Bertz CT molecular complexity index is 1350. The van der Waals surface area contributed by atoms with Crippen LogP contribution in [0.4, 0.5) is 0 Å². The van der Waals surface area contributed by atoms with E-state index < -0.39 is 0 Å². The van der Waals surface area contributed by atoms with Crippen molar-refractivity contribution in [2.24, 2.45) is 13.0 Å². The van der Waals surface area contributed by atoms with Gasteiger partial charge in [0.2, 0.25) is 0 Å². The molecule has 1 aromatic carbocycles. The van der Waals surface area contributed by atoms with Crippen molar-refractivity contribution in [3.05, 3.63) is 60.2 Å². The van der Waals surface area contributed by atoms with Gasteiger partial charge in [0, 0.05) is 12.6 Å². The highest BCUT2D eigenvalue weighted by Crippen LogP contribution is 2.31. The predicted octanol–water partition coefficient (Wildman–Crippen LogP) is 3.60. The molecule has 0 aliphatic heterocycles. The Hall–Kier alpha value is -4.08. The van der Waals surface area contributed by atoms with Gasteiger partial charge >= 0.3 is 5.97 Å². The molecular weight excluding hydrogens is 458 g/mol. The van der Waals surface area contributed by atoms with Crippen LogP contribution >= 0.6 is 0 Å². The van der Waals surface area contributed by atoms with Gasteiger partial charge in [-0.1, -0.05) is 35.5 Å². The first kappa shape index (κ1) is 23.7. The molecule has 1 aliphatic carbocycles. The minimum Gasteiger partial charge on any atom is -0.489 e. The highest BCUT2D eigenvalue weighted by atomic mass is 16.5. The molecule has 10 heteroatoms. The molecule has 0 bridgehead atoms. The Balaban J connectivity index is 1.32. The standard InChI is InChI=1S/C26H29N7O3/c1-17-23(36-20-11-7-10-19(14-20)26(34)35-3)13-12-21(28-17)24-22(32(2)31-29-24)15-33-16-27-25(30-33)18-8-5-4-6-9-18/h4-6,8-9,12-13,16,19-20H,7,10-11,14-15H2,1-3H3/t19-,20-/m0/s1. The number of aromatic nitrogens is 7. The predicted molar refractivity (Wildman–Crippen MR) is 132 cm³/mol. The molecule has 0 unspecified atom stereocenters. The summed E-state index contributed by atoms with van der Waals surface area (Å²) in [6.45, 7) is 2.37. The molecule has 2 atom stereocenters. The van der Waals surface area contributed by atoms with Crippen LogP contribution in [0, 0.1) is 12.8 Å². The van der Waals surface area contributed by atoms with Crippen molar-refractivity contribution in [1.82, 2.24) is 34.7 Å². The molecule has 0 spiro atoms. The van der Waals surface area contributed by atoms with Crippen molar-refractivity contribution >= 4 is 5.97 Å². The zero-order valence-electron chi connectivity index (χ0n) is 20.7. The highest BCUT2D eigenvalue weighted by Gasteiger charge is 2.29. The van der Waals surface area contributed by atoms with Crippen LogP contribution in [-0.2, 0) is 23.1 Å². The molecule has 4 aromatic rings. The van der Waals surface area contributed by atoms with Gasteiger partial charge in [-0.2, -0.15) is 5.10 Å². The molecule has 1 saturated carbocycles. The van der Waals surface area contributed by atoms with Gasteiger partial charge in [0.25, 0.3) is 0 Å². The van der Waals surface area contributed by atoms with Crippen molar-refractivity contribution in [2.75, 3.05) is 7.11 Å². The maximum absolute atomic E-state index is 12.0. The molecule has 186 valence electrons. The van der Waals surface area contributed by atoms with E-state index in [2.05, 4.69) is 20.4 Å². The summed E-state index contributed by atoms with van der Waals surface area (Å²) >= 11 is 0. The molecule has 3 aromatic heterocycles. The quantitative estimate of drug-likeness (QED) is 0.364. The van der Waals surface area contributed by atoms with Gasteiger partial charge in [0.05, 0.1) is 42.8 Å². The van der Waals surface area contributed by atoms with Gasteiger partial charge in [-0.3, -0.25) is 4.79 Å². The van der Waals surface area contributed by atoms with Crippen LogP contribution < -0.4 is 4.74 Å². The number of hydrogen-bond acceptors (Lipinski definition) is 8. The Labute approximate surface area is 209 Å². The van der Waals surface area contributed by atoms with Crippen LogP contribution in [0.5, 0.6) is 5.75 Å². The lowest BCUT2D eigenvalue weighted by molar-refractivity contribution is -0.147. The van der Waals surface area contributed by atoms with E-state index in [1.165, 1.54) is 7.11 Å². The third-order valence-corrected chi connectivity index (χ3v) is 6.56. The summed E-state index contributed by atoms with van der Waals surface area (Å²) in [5.74, 6) is 1.11. The Kier molecular flexibility index (Phi) is 6.75. The Morgan fingerprint density at radius 2 is 1.97 bits per heavy atom. The van der Waals surface area contributed by atoms with Crippen molar-refractivity contribution in [3.63, 3.8) is 0 Å². The van der Waals surface area contributed by atoms with E-state index in [0.717, 1.165) is 36.2 Å². The van der Waals surface area contributed by atoms with E-state index in [1.54, 1.807) is 15.7 Å². The van der Waals surface area contributed by atoms with Gasteiger partial charge in [0.15, 0.2) is 5.82 Å². The number of aryl methyl sites for hydroxylation is 2. The van der Waals surface area contributed by atoms with Crippen LogP contribution in [0.25, 0.3) is 22.8 Å². The summed E-state index contributed by atoms with van der Waals surface area (Å²) in [6, 6.07) is 13.7. The number of carbonyl (C=O) groups is 1. The summed E-state index contributed by atoms with van der Waals surface area (Å²) in [7, 11) is 3.29. The van der Waals surface area contributed by atoms with Crippen LogP contribution in [-0.4, -0.2) is 53.9 Å². The second-order valence-corrected chi connectivity index (χ2v) is 9.05. The number of pyridine rings is 1. The first-order chi connectivity index (χ1) is 17.5. The average Bonchev–Trinajstić information content (AvgIpc) is 3.52. The summed E-state index contributed by atoms with van der Waals surface area (Å²) in [5, 5.41) is 13.2. The minimum atomic E-state index is -0.160. The fraction of sp³-hybridized carbons (Fsp3) is 0.385. The van der Waals surface area contributed by atoms with Gasteiger partial charge in [-0.25, -0.2) is 19.3 Å². The maximum atomic E-state index is 12.0. The number of ether oxygens (including phenoxy) is 2. The van der Waals surface area contributed by atoms with Crippen LogP contribution in [0.15, 0.2) is 48.8 Å². The van der Waals surface area contributed by atoms with Crippen molar-refractivity contribution < 1.29 is 14.3 Å². The number of methoxy groups -OCH3 is 1. The van der Waals surface area contributed by atoms with Gasteiger partial charge < -0.3 is 9.47 Å². The Morgan fingerprint density at radius 1 is 1.14 bits per heavy atom.